The first-order valence-electron chi connectivity index (χ1n) is 14.8. The molecule has 41 heavy (non-hydrogen) atoms. The van der Waals surface area contributed by atoms with Crippen LogP contribution in [0.2, 0.25) is 0 Å². The second kappa shape index (κ2) is 15.5. The Balaban J connectivity index is 2.03. The predicted molar refractivity (Wildman–Crippen MR) is 162 cm³/mol. The zero-order valence-electron chi connectivity index (χ0n) is 25.4. The minimum atomic E-state index is -0.773. The molecule has 1 saturated heterocycles. The molecule has 2 aromatic carbocycles. The quantitative estimate of drug-likeness (QED) is 0.114. The van der Waals surface area contributed by atoms with Crippen LogP contribution in [0.5, 0.6) is 17.2 Å². The molecule has 1 aliphatic heterocycles. The topological polar surface area (TPSA) is 88.5 Å². The molecule has 0 radical (unpaired) electrons. The van der Waals surface area contributed by atoms with Crippen LogP contribution in [-0.4, -0.2) is 73.1 Å². The van der Waals surface area contributed by atoms with Crippen LogP contribution >= 0.6 is 0 Å². The van der Waals surface area contributed by atoms with E-state index in [1.54, 1.807) is 42.3 Å². The number of rotatable bonds is 16. The number of ether oxygens (including phenoxy) is 3. The van der Waals surface area contributed by atoms with Gasteiger partial charge in [-0.05, 0) is 67.4 Å². The fourth-order valence-corrected chi connectivity index (χ4v) is 4.88. The highest BCUT2D eigenvalue weighted by molar-refractivity contribution is 6.46. The molecule has 2 aromatic rings. The van der Waals surface area contributed by atoms with Gasteiger partial charge in [0.2, 0.25) is 0 Å². The number of hydrogen-bond donors (Lipinski definition) is 1. The van der Waals surface area contributed by atoms with Gasteiger partial charge in [0.15, 0.2) is 11.5 Å². The molecular formula is C33H46N2O6. The third-order valence-corrected chi connectivity index (χ3v) is 7.31. The Labute approximate surface area is 244 Å². The molecule has 0 aromatic heterocycles. The van der Waals surface area contributed by atoms with Gasteiger partial charge in [0.25, 0.3) is 11.7 Å². The number of aliphatic hydroxyl groups excluding tert-OH is 1. The number of amides is 1. The van der Waals surface area contributed by atoms with Gasteiger partial charge in [0.1, 0.15) is 11.5 Å². The van der Waals surface area contributed by atoms with Crippen LogP contribution in [0.1, 0.15) is 71.0 Å². The van der Waals surface area contributed by atoms with Crippen LogP contribution in [0.15, 0.2) is 48.0 Å². The molecule has 0 bridgehead atoms. The highest BCUT2D eigenvalue weighted by Gasteiger charge is 2.46. The van der Waals surface area contributed by atoms with Gasteiger partial charge >= 0.3 is 0 Å². The van der Waals surface area contributed by atoms with Gasteiger partial charge < -0.3 is 29.1 Å². The van der Waals surface area contributed by atoms with Crippen LogP contribution in [0.4, 0.5) is 0 Å². The number of carbonyl (C=O) groups excluding carboxylic acids is 2. The third kappa shape index (κ3) is 8.03. The maximum Gasteiger partial charge on any atom is 0.295 e. The van der Waals surface area contributed by atoms with E-state index in [1.165, 1.54) is 0 Å². The predicted octanol–water partition coefficient (Wildman–Crippen LogP) is 6.06. The maximum atomic E-state index is 13.5. The van der Waals surface area contributed by atoms with E-state index in [4.69, 9.17) is 14.2 Å². The summed E-state index contributed by atoms with van der Waals surface area (Å²) in [6, 6.07) is 11.6. The van der Waals surface area contributed by atoms with Crippen molar-refractivity contribution in [3.8, 4) is 17.2 Å². The van der Waals surface area contributed by atoms with E-state index < -0.39 is 17.7 Å². The average molecular weight is 567 g/mol. The summed E-state index contributed by atoms with van der Waals surface area (Å²) < 4.78 is 17.4. The number of likely N-dealkylation sites (tertiary alicyclic amines) is 1. The number of unbranched alkanes of at least 4 members (excludes halogenated alkanes) is 2. The van der Waals surface area contributed by atoms with Gasteiger partial charge in [-0.2, -0.15) is 0 Å². The molecule has 1 fully saturated rings. The largest absolute Gasteiger partial charge is 0.507 e. The molecule has 1 amide bonds. The monoisotopic (exact) mass is 566 g/mol. The molecule has 0 saturated carbocycles. The molecule has 3 rings (SSSR count). The number of ketones is 1. The smallest absolute Gasteiger partial charge is 0.295 e. The van der Waals surface area contributed by atoms with E-state index in [9.17, 15) is 14.7 Å². The number of likely N-dealkylation sites (N-methyl/N-ethyl adjacent to an activating group) is 1. The summed E-state index contributed by atoms with van der Waals surface area (Å²) in [6.45, 7) is 14.2. The van der Waals surface area contributed by atoms with E-state index in [-0.39, 0.29) is 11.3 Å². The van der Waals surface area contributed by atoms with Gasteiger partial charge in [0, 0.05) is 18.7 Å². The molecule has 1 aliphatic rings. The van der Waals surface area contributed by atoms with Crippen molar-refractivity contribution in [2.75, 3.05) is 46.5 Å². The van der Waals surface area contributed by atoms with Crippen molar-refractivity contribution < 1.29 is 28.9 Å². The SMILES string of the molecule is CCCCCOc1ccc(C2C(=C(O)c3ccc(OCC(C)C)cc3)C(=O)C(=O)N2CCN(CC)CC)cc1OC. The number of benzene rings is 2. The van der Waals surface area contributed by atoms with E-state index in [2.05, 4.69) is 39.5 Å². The third-order valence-electron chi connectivity index (χ3n) is 7.31. The number of hydrogen-bond acceptors (Lipinski definition) is 7. The second-order valence-electron chi connectivity index (χ2n) is 10.7. The molecule has 1 unspecified atom stereocenters. The molecule has 8 nitrogen and oxygen atoms in total. The fraction of sp³-hybridized carbons (Fsp3) is 0.515. The standard InChI is InChI=1S/C33H46N2O6/c1-7-10-11-20-40-27-17-14-25(21-28(27)39-6)30-29(32(37)33(38)35(30)19-18-34(8-2)9-3)31(36)24-12-15-26(16-13-24)41-22-23(4)5/h12-17,21,23,30,36H,7-11,18-20,22H2,1-6H3. The van der Waals surface area contributed by atoms with Gasteiger partial charge in [-0.25, -0.2) is 0 Å². The van der Waals surface area contributed by atoms with Crippen LogP contribution in [0.25, 0.3) is 5.76 Å². The first kappa shape index (κ1) is 32.0. The molecule has 0 aliphatic carbocycles. The highest BCUT2D eigenvalue weighted by atomic mass is 16.5. The van der Waals surface area contributed by atoms with Crippen molar-refractivity contribution in [2.45, 2.75) is 59.9 Å². The van der Waals surface area contributed by atoms with Gasteiger partial charge in [-0.15, -0.1) is 0 Å². The number of nitrogens with zero attached hydrogens (tertiary/aromatic N) is 2. The lowest BCUT2D eigenvalue weighted by molar-refractivity contribution is -0.140. The number of Topliss-reactive ketones (excluding diaryl/α,β-unsaturated/α-hetero) is 1. The molecule has 1 N–H and O–H groups in total. The minimum absolute atomic E-state index is 0.0593. The van der Waals surface area contributed by atoms with E-state index in [0.717, 1.165) is 32.4 Å². The summed E-state index contributed by atoms with van der Waals surface area (Å²) in [5.74, 6) is 0.620. The van der Waals surface area contributed by atoms with Crippen LogP contribution in [0.3, 0.4) is 0 Å². The van der Waals surface area contributed by atoms with E-state index in [0.29, 0.717) is 60.6 Å². The van der Waals surface area contributed by atoms with Crippen LogP contribution < -0.4 is 14.2 Å². The van der Waals surface area contributed by atoms with Gasteiger partial charge in [0.05, 0.1) is 31.9 Å². The average Bonchev–Trinajstić information content (AvgIpc) is 3.23. The highest BCUT2D eigenvalue weighted by Crippen LogP contribution is 2.42. The summed E-state index contributed by atoms with van der Waals surface area (Å²) in [6.07, 6.45) is 3.11. The van der Waals surface area contributed by atoms with Gasteiger partial charge in [-0.1, -0.05) is 53.5 Å². The summed E-state index contributed by atoms with van der Waals surface area (Å²) in [7, 11) is 1.57. The van der Waals surface area contributed by atoms with Crippen molar-refractivity contribution in [3.05, 3.63) is 59.2 Å². The molecule has 1 heterocycles. The van der Waals surface area contributed by atoms with Crippen molar-refractivity contribution in [2.24, 2.45) is 5.92 Å². The Morgan fingerprint density at radius 3 is 2.29 bits per heavy atom. The van der Waals surface area contributed by atoms with Gasteiger partial charge in [-0.3, -0.25) is 9.59 Å². The lowest BCUT2D eigenvalue weighted by Gasteiger charge is -2.28. The molecule has 1 atom stereocenters. The Kier molecular flexibility index (Phi) is 12.1. The molecule has 0 spiro atoms. The number of methoxy groups -OCH3 is 1. The van der Waals surface area contributed by atoms with Crippen LogP contribution in [-0.2, 0) is 9.59 Å². The van der Waals surface area contributed by atoms with Crippen LogP contribution in [0, 0.1) is 5.92 Å². The summed E-state index contributed by atoms with van der Waals surface area (Å²) in [4.78, 5) is 30.6. The lowest BCUT2D eigenvalue weighted by atomic mass is 9.95. The summed E-state index contributed by atoms with van der Waals surface area (Å²) >= 11 is 0. The maximum absolute atomic E-state index is 13.5. The zero-order valence-corrected chi connectivity index (χ0v) is 25.4. The molecule has 224 valence electrons. The Morgan fingerprint density at radius 1 is 0.976 bits per heavy atom. The number of carbonyl (C=O) groups is 2. The van der Waals surface area contributed by atoms with E-state index in [1.807, 2.05) is 12.1 Å². The molecular weight excluding hydrogens is 520 g/mol. The fourth-order valence-electron chi connectivity index (χ4n) is 4.88. The number of aliphatic hydroxyl groups is 1. The van der Waals surface area contributed by atoms with Crippen molar-refractivity contribution in [1.29, 1.82) is 0 Å². The zero-order chi connectivity index (χ0) is 29.9. The Bertz CT molecular complexity index is 1190. The minimum Gasteiger partial charge on any atom is -0.507 e. The summed E-state index contributed by atoms with van der Waals surface area (Å²) in [5, 5.41) is 11.5. The molecule has 8 heteroatoms. The summed E-state index contributed by atoms with van der Waals surface area (Å²) in [5.41, 5.74) is 1.17. The Hall–Kier alpha value is -3.52. The Morgan fingerprint density at radius 2 is 1.68 bits per heavy atom. The van der Waals surface area contributed by atoms with Crippen molar-refractivity contribution >= 4 is 17.4 Å². The van der Waals surface area contributed by atoms with Crippen molar-refractivity contribution in [3.63, 3.8) is 0 Å². The second-order valence-corrected chi connectivity index (χ2v) is 10.7. The normalized spacial score (nSPS) is 16.6. The lowest BCUT2D eigenvalue weighted by Crippen LogP contribution is -2.38. The van der Waals surface area contributed by atoms with E-state index >= 15 is 0 Å². The first-order chi connectivity index (χ1) is 19.7. The van der Waals surface area contributed by atoms with Crippen molar-refractivity contribution in [1.82, 2.24) is 9.80 Å². The first-order valence-corrected chi connectivity index (χ1v) is 14.8.